The van der Waals surface area contributed by atoms with Gasteiger partial charge in [-0.05, 0) is 49.2 Å². The fourth-order valence-electron chi connectivity index (χ4n) is 2.08. The number of nitrogens with one attached hydrogen (secondary N) is 2. The fourth-order valence-corrected chi connectivity index (χ4v) is 2.27. The topological polar surface area (TPSA) is 76.7 Å². The summed E-state index contributed by atoms with van der Waals surface area (Å²) in [5, 5.41) is 0.404. The molecule has 0 spiro atoms. The van der Waals surface area contributed by atoms with Crippen LogP contribution in [0.25, 0.3) is 0 Å². The number of carbonyl (C=O) groups excluding carboxylic acids is 2. The third-order valence-corrected chi connectivity index (χ3v) is 3.41. The normalized spacial score (nSPS) is 10.0. The molecule has 6 nitrogen and oxygen atoms in total. The van der Waals surface area contributed by atoms with Crippen LogP contribution >= 0.6 is 11.6 Å². The molecule has 2 N–H and O–H groups in total. The Labute approximate surface area is 151 Å². The Morgan fingerprint density at radius 2 is 1.48 bits per heavy atom. The third kappa shape index (κ3) is 6.35. The van der Waals surface area contributed by atoms with Gasteiger partial charge in [-0.15, -0.1) is 0 Å². The lowest BCUT2D eigenvalue weighted by Gasteiger charge is -2.11. The molecule has 0 aliphatic heterocycles. The first-order chi connectivity index (χ1) is 11.9. The lowest BCUT2D eigenvalue weighted by molar-refractivity contribution is -0.131. The van der Waals surface area contributed by atoms with E-state index in [0.29, 0.717) is 16.5 Å². The SMILES string of the molecule is Cc1cc(C)cc(OCC(=O)NNC(=O)COc2ccccc2Cl)c1. The van der Waals surface area contributed by atoms with Crippen LogP contribution in [0, 0.1) is 13.8 Å². The highest BCUT2D eigenvalue weighted by molar-refractivity contribution is 6.32. The lowest BCUT2D eigenvalue weighted by atomic mass is 10.1. The Morgan fingerprint density at radius 3 is 2.08 bits per heavy atom. The van der Waals surface area contributed by atoms with Gasteiger partial charge >= 0.3 is 0 Å². The number of hydrazine groups is 1. The summed E-state index contributed by atoms with van der Waals surface area (Å²) < 4.78 is 10.7. The maximum Gasteiger partial charge on any atom is 0.276 e. The molecule has 0 aliphatic carbocycles. The monoisotopic (exact) mass is 362 g/mol. The number of hydrogen-bond acceptors (Lipinski definition) is 4. The van der Waals surface area contributed by atoms with Gasteiger partial charge in [-0.1, -0.05) is 29.8 Å². The molecule has 0 unspecified atom stereocenters. The van der Waals surface area contributed by atoms with Crippen molar-refractivity contribution in [3.8, 4) is 11.5 Å². The molecule has 2 amide bonds. The van der Waals surface area contributed by atoms with Gasteiger partial charge < -0.3 is 9.47 Å². The van der Waals surface area contributed by atoms with Crippen molar-refractivity contribution in [1.82, 2.24) is 10.9 Å². The van der Waals surface area contributed by atoms with Gasteiger partial charge in [0.25, 0.3) is 11.8 Å². The van der Waals surface area contributed by atoms with Gasteiger partial charge in [-0.25, -0.2) is 0 Å². The van der Waals surface area contributed by atoms with Crippen molar-refractivity contribution >= 4 is 23.4 Å². The average Bonchev–Trinajstić information content (AvgIpc) is 2.56. The molecule has 0 saturated carbocycles. The number of halogens is 1. The minimum atomic E-state index is -0.514. The molecule has 132 valence electrons. The van der Waals surface area contributed by atoms with Gasteiger partial charge in [0.15, 0.2) is 13.2 Å². The van der Waals surface area contributed by atoms with E-state index in [1.54, 1.807) is 24.3 Å². The van der Waals surface area contributed by atoms with E-state index in [1.165, 1.54) is 0 Å². The fraction of sp³-hybridized carbons (Fsp3) is 0.222. The van der Waals surface area contributed by atoms with E-state index in [0.717, 1.165) is 11.1 Å². The number of carbonyl (C=O) groups is 2. The molecule has 0 fully saturated rings. The Hall–Kier alpha value is -2.73. The average molecular weight is 363 g/mol. The second-order valence-electron chi connectivity index (χ2n) is 5.43. The molecule has 0 saturated heterocycles. The maximum atomic E-state index is 11.7. The van der Waals surface area contributed by atoms with E-state index in [2.05, 4.69) is 10.9 Å². The molecule has 0 aliphatic rings. The van der Waals surface area contributed by atoms with E-state index in [4.69, 9.17) is 21.1 Å². The van der Waals surface area contributed by atoms with Crippen molar-refractivity contribution in [2.45, 2.75) is 13.8 Å². The molecular formula is C18H19ClN2O4. The number of hydrogen-bond donors (Lipinski definition) is 2. The second kappa shape index (κ2) is 8.94. The molecule has 0 atom stereocenters. The predicted octanol–water partition coefficient (Wildman–Crippen LogP) is 2.56. The smallest absolute Gasteiger partial charge is 0.276 e. The van der Waals surface area contributed by atoms with Gasteiger partial charge in [-0.3, -0.25) is 20.4 Å². The highest BCUT2D eigenvalue weighted by atomic mass is 35.5. The summed E-state index contributed by atoms with van der Waals surface area (Å²) in [5.41, 5.74) is 6.59. The Morgan fingerprint density at radius 1 is 0.920 bits per heavy atom. The maximum absolute atomic E-state index is 11.7. The zero-order valence-corrected chi connectivity index (χ0v) is 14.7. The lowest BCUT2D eigenvalue weighted by Crippen LogP contribution is -2.45. The Kier molecular flexibility index (Phi) is 6.65. The van der Waals surface area contributed by atoms with Crippen LogP contribution in [0.2, 0.25) is 5.02 Å². The van der Waals surface area contributed by atoms with Crippen LogP contribution in [-0.2, 0) is 9.59 Å². The van der Waals surface area contributed by atoms with E-state index >= 15 is 0 Å². The molecule has 25 heavy (non-hydrogen) atoms. The van der Waals surface area contributed by atoms with Crippen molar-refractivity contribution in [1.29, 1.82) is 0 Å². The van der Waals surface area contributed by atoms with Gasteiger partial charge in [0.1, 0.15) is 11.5 Å². The third-order valence-electron chi connectivity index (χ3n) is 3.10. The van der Waals surface area contributed by atoms with Gasteiger partial charge in [0.05, 0.1) is 5.02 Å². The standard InChI is InChI=1S/C18H19ClN2O4/c1-12-7-13(2)9-14(8-12)24-10-17(22)20-21-18(23)11-25-16-6-4-3-5-15(16)19/h3-9H,10-11H2,1-2H3,(H,20,22)(H,21,23). The predicted molar refractivity (Wildman–Crippen MR) is 94.6 cm³/mol. The summed E-state index contributed by atoms with van der Waals surface area (Å²) in [7, 11) is 0. The summed E-state index contributed by atoms with van der Waals surface area (Å²) in [5.74, 6) is -0.00487. The molecule has 0 bridgehead atoms. The van der Waals surface area contributed by atoms with Gasteiger partial charge in [-0.2, -0.15) is 0 Å². The van der Waals surface area contributed by atoms with E-state index in [1.807, 2.05) is 32.0 Å². The number of benzene rings is 2. The van der Waals surface area contributed by atoms with Crippen LogP contribution in [-0.4, -0.2) is 25.0 Å². The molecule has 2 rings (SSSR count). The molecular weight excluding hydrogens is 344 g/mol. The van der Waals surface area contributed by atoms with Crippen LogP contribution in [0.1, 0.15) is 11.1 Å². The number of aryl methyl sites for hydroxylation is 2. The molecule has 0 radical (unpaired) electrons. The summed E-state index contributed by atoms with van der Waals surface area (Å²) in [6.45, 7) is 3.40. The summed E-state index contributed by atoms with van der Waals surface area (Å²) in [6.07, 6.45) is 0. The zero-order chi connectivity index (χ0) is 18.2. The van der Waals surface area contributed by atoms with Crippen molar-refractivity contribution in [3.63, 3.8) is 0 Å². The minimum Gasteiger partial charge on any atom is -0.484 e. The summed E-state index contributed by atoms with van der Waals surface area (Å²) >= 11 is 5.91. The molecule has 7 heteroatoms. The van der Waals surface area contributed by atoms with E-state index in [-0.39, 0.29) is 13.2 Å². The quantitative estimate of drug-likeness (QED) is 0.774. The Bertz CT molecular complexity index is 744. The van der Waals surface area contributed by atoms with Crippen molar-refractivity contribution in [3.05, 3.63) is 58.6 Å². The zero-order valence-electron chi connectivity index (χ0n) is 14.0. The van der Waals surface area contributed by atoms with Crippen molar-refractivity contribution in [2.24, 2.45) is 0 Å². The van der Waals surface area contributed by atoms with Crippen molar-refractivity contribution < 1.29 is 19.1 Å². The minimum absolute atomic E-state index is 0.214. The second-order valence-corrected chi connectivity index (χ2v) is 5.83. The first-order valence-corrected chi connectivity index (χ1v) is 7.98. The number of para-hydroxylation sites is 1. The van der Waals surface area contributed by atoms with E-state index in [9.17, 15) is 9.59 Å². The molecule has 2 aromatic rings. The van der Waals surface area contributed by atoms with Crippen LogP contribution < -0.4 is 20.3 Å². The van der Waals surface area contributed by atoms with Crippen LogP contribution in [0.5, 0.6) is 11.5 Å². The number of ether oxygens (including phenoxy) is 2. The first kappa shape index (κ1) is 18.6. The summed E-state index contributed by atoms with van der Waals surface area (Å²) in [6, 6.07) is 12.5. The van der Waals surface area contributed by atoms with Crippen LogP contribution in [0.15, 0.2) is 42.5 Å². The number of rotatable bonds is 6. The largest absolute Gasteiger partial charge is 0.484 e. The molecule has 0 aromatic heterocycles. The van der Waals surface area contributed by atoms with Gasteiger partial charge in [0.2, 0.25) is 0 Å². The highest BCUT2D eigenvalue weighted by Gasteiger charge is 2.08. The summed E-state index contributed by atoms with van der Waals surface area (Å²) in [4.78, 5) is 23.4. The first-order valence-electron chi connectivity index (χ1n) is 7.60. The van der Waals surface area contributed by atoms with Crippen LogP contribution in [0.4, 0.5) is 0 Å². The molecule has 2 aromatic carbocycles. The molecule has 0 heterocycles. The van der Waals surface area contributed by atoms with Gasteiger partial charge in [0, 0.05) is 0 Å². The number of amides is 2. The van der Waals surface area contributed by atoms with Crippen LogP contribution in [0.3, 0.4) is 0 Å². The van der Waals surface area contributed by atoms with Crippen molar-refractivity contribution in [2.75, 3.05) is 13.2 Å². The highest BCUT2D eigenvalue weighted by Crippen LogP contribution is 2.22. The van der Waals surface area contributed by atoms with E-state index < -0.39 is 11.8 Å². The Balaban J connectivity index is 1.70.